The zero-order valence-electron chi connectivity index (χ0n) is 36.4. The second kappa shape index (κ2) is 25.8. The van der Waals surface area contributed by atoms with Crippen LogP contribution >= 0.6 is 0 Å². The van der Waals surface area contributed by atoms with E-state index in [1.807, 2.05) is 6.92 Å². The maximum atomic E-state index is 5.56. The normalized spacial score (nSPS) is 22.9. The smallest absolute Gasteiger partial charge is 0.0920 e. The van der Waals surface area contributed by atoms with E-state index in [1.165, 1.54) is 81.9 Å². The van der Waals surface area contributed by atoms with Crippen LogP contribution in [0.3, 0.4) is 0 Å². The Kier molecular flexibility index (Phi) is 23.3. The SMILES string of the molecule is C#CCCC(C)NC(=C)C1[C@@H]2[C@H](CN1C(=C)C(NC(=C)NC(CCC(=C)C)C1CCCCC1)C1CCCCC1)C2(C)C.C=C.C=CC(=C)NCC.CCC. The quantitative estimate of drug-likeness (QED) is 0.0603. The van der Waals surface area contributed by atoms with E-state index in [-0.39, 0.29) is 12.1 Å². The summed E-state index contributed by atoms with van der Waals surface area (Å²) in [5.74, 6) is 6.36. The standard InChI is InChI=1S/C38H62N4.C6H11N.C3H8.C2H4/c1-10-11-18-27(4)39-28(5)37-35-33(38(35,8)9)25-42(37)29(6)36(32-21-16-13-17-22-32)41-30(7)40-34(24-23-26(2)3)31-19-14-12-15-20-31;1-4-6(3)7-5-2;1-3-2;1-2/h1,27,31-37,39-41H,2,5-7,11-25H2,3-4,8-9H3;4,7H,1,3,5H2,2H3;3H2,1-2H3;1-2H2/t27?,33-,34?,35-,36?,37?;;;/m0.../s1. The van der Waals surface area contributed by atoms with Gasteiger partial charge in [0.15, 0.2) is 0 Å². The van der Waals surface area contributed by atoms with Crippen molar-refractivity contribution in [2.75, 3.05) is 13.1 Å². The highest BCUT2D eigenvalue weighted by molar-refractivity contribution is 5.30. The lowest BCUT2D eigenvalue weighted by Crippen LogP contribution is -2.51. The molecule has 4 N–H and O–H groups in total. The number of allylic oxidation sites excluding steroid dienone is 2. The molecular weight excluding hydrogens is 659 g/mol. The van der Waals surface area contributed by atoms with E-state index in [0.717, 1.165) is 61.9 Å². The van der Waals surface area contributed by atoms with Crippen LogP contribution in [0.4, 0.5) is 0 Å². The minimum atomic E-state index is 0.188. The highest BCUT2D eigenvalue weighted by Crippen LogP contribution is 2.66. The summed E-state index contributed by atoms with van der Waals surface area (Å²) in [6.07, 6.45) is 25.7. The van der Waals surface area contributed by atoms with Gasteiger partial charge in [0.1, 0.15) is 0 Å². The summed E-state index contributed by atoms with van der Waals surface area (Å²) in [5.41, 5.74) is 4.88. The molecule has 6 atom stereocenters. The molecule has 0 aromatic rings. The van der Waals surface area contributed by atoms with Gasteiger partial charge in [-0.05, 0) is 101 Å². The van der Waals surface area contributed by atoms with Crippen LogP contribution in [0.2, 0.25) is 0 Å². The van der Waals surface area contributed by atoms with Crippen molar-refractivity contribution in [3.8, 4) is 12.3 Å². The van der Waals surface area contributed by atoms with Crippen LogP contribution in [0, 0.1) is 41.4 Å². The Balaban J connectivity index is 0.00000106. The van der Waals surface area contributed by atoms with Gasteiger partial charge < -0.3 is 26.2 Å². The predicted octanol–water partition coefficient (Wildman–Crippen LogP) is 11.8. The first kappa shape index (κ1) is 48.8. The third-order valence-corrected chi connectivity index (χ3v) is 12.0. The largest absolute Gasteiger partial charge is 0.386 e. The third kappa shape index (κ3) is 15.5. The van der Waals surface area contributed by atoms with E-state index in [0.29, 0.717) is 35.3 Å². The molecule has 4 aliphatic rings. The Bertz CT molecular complexity index is 1210. The van der Waals surface area contributed by atoms with Gasteiger partial charge in [0.2, 0.25) is 0 Å². The number of rotatable bonds is 19. The van der Waals surface area contributed by atoms with Gasteiger partial charge in [0.05, 0.1) is 17.9 Å². The zero-order chi connectivity index (χ0) is 40.8. The molecule has 5 heteroatoms. The molecule has 4 unspecified atom stereocenters. The third-order valence-electron chi connectivity index (χ3n) is 12.0. The summed E-state index contributed by atoms with van der Waals surface area (Å²) in [6, 6.07) is 1.22. The summed E-state index contributed by atoms with van der Waals surface area (Å²) >= 11 is 0. The van der Waals surface area contributed by atoms with Crippen LogP contribution in [-0.4, -0.2) is 42.2 Å². The molecule has 1 heterocycles. The molecule has 4 rings (SSSR count). The molecule has 0 bridgehead atoms. The lowest BCUT2D eigenvalue weighted by Gasteiger charge is -2.43. The monoisotopic (exact) mass is 744 g/mol. The molecular formula is C49H85N5. The fourth-order valence-corrected chi connectivity index (χ4v) is 8.99. The summed E-state index contributed by atoms with van der Waals surface area (Å²) in [6.45, 7) is 48.9. The van der Waals surface area contributed by atoms with Crippen LogP contribution in [0.25, 0.3) is 0 Å². The van der Waals surface area contributed by atoms with E-state index in [4.69, 9.17) is 13.0 Å². The van der Waals surface area contributed by atoms with Crippen molar-refractivity contribution in [2.24, 2.45) is 29.1 Å². The second-order valence-corrected chi connectivity index (χ2v) is 17.0. The average Bonchev–Trinajstić information content (AvgIpc) is 3.46. The fourth-order valence-electron chi connectivity index (χ4n) is 8.99. The maximum absolute atomic E-state index is 5.56. The first-order chi connectivity index (χ1) is 25.8. The first-order valence-corrected chi connectivity index (χ1v) is 21.5. The van der Waals surface area contributed by atoms with E-state index in [1.54, 1.807) is 6.08 Å². The van der Waals surface area contributed by atoms with Gasteiger partial charge in [0, 0.05) is 48.7 Å². The fraction of sp³-hybridized carbons (Fsp3) is 0.673. The molecule has 0 aromatic carbocycles. The van der Waals surface area contributed by atoms with Crippen LogP contribution in [-0.2, 0) is 0 Å². The van der Waals surface area contributed by atoms with Crippen LogP contribution in [0.5, 0.6) is 0 Å². The van der Waals surface area contributed by atoms with E-state index >= 15 is 0 Å². The summed E-state index contributed by atoms with van der Waals surface area (Å²) in [5, 5.41) is 14.6. The maximum Gasteiger partial charge on any atom is 0.0920 e. The minimum Gasteiger partial charge on any atom is -0.386 e. The number of nitrogens with one attached hydrogen (secondary N) is 4. The molecule has 306 valence electrons. The van der Waals surface area contributed by atoms with Gasteiger partial charge in [-0.25, -0.2) is 0 Å². The molecule has 1 saturated heterocycles. The molecule has 0 amide bonds. The van der Waals surface area contributed by atoms with Gasteiger partial charge in [0.25, 0.3) is 0 Å². The van der Waals surface area contributed by atoms with Crippen LogP contribution in [0.1, 0.15) is 145 Å². The van der Waals surface area contributed by atoms with Crippen molar-refractivity contribution in [2.45, 2.75) is 169 Å². The van der Waals surface area contributed by atoms with E-state index < -0.39 is 0 Å². The summed E-state index contributed by atoms with van der Waals surface area (Å²) in [4.78, 5) is 2.61. The van der Waals surface area contributed by atoms with E-state index in [9.17, 15) is 0 Å². The number of nitrogens with zero attached hydrogens (tertiary/aromatic N) is 1. The lowest BCUT2D eigenvalue weighted by molar-refractivity contribution is 0.197. The van der Waals surface area contributed by atoms with Crippen molar-refractivity contribution >= 4 is 0 Å². The van der Waals surface area contributed by atoms with Crippen molar-refractivity contribution < 1.29 is 0 Å². The molecule has 0 spiro atoms. The Morgan fingerprint density at radius 1 is 0.870 bits per heavy atom. The number of terminal acetylenes is 1. The highest BCUT2D eigenvalue weighted by atomic mass is 15.3. The number of likely N-dealkylation sites (tertiary alicyclic amines) is 1. The lowest BCUT2D eigenvalue weighted by atomic mass is 9.81. The van der Waals surface area contributed by atoms with Crippen LogP contribution in [0.15, 0.2) is 87.2 Å². The average molecular weight is 744 g/mol. The second-order valence-electron chi connectivity index (χ2n) is 17.0. The Hall–Kier alpha value is -3.26. The van der Waals surface area contributed by atoms with Gasteiger partial charge in [-0.3, -0.25) is 0 Å². The molecule has 3 aliphatic carbocycles. The minimum absolute atomic E-state index is 0.188. The number of piperidine rings is 1. The van der Waals surface area contributed by atoms with Gasteiger partial charge in [-0.1, -0.05) is 111 Å². The molecule has 5 nitrogen and oxygen atoms in total. The molecule has 0 radical (unpaired) electrons. The summed E-state index contributed by atoms with van der Waals surface area (Å²) in [7, 11) is 0. The predicted molar refractivity (Wildman–Crippen MR) is 241 cm³/mol. The Labute approximate surface area is 335 Å². The molecule has 4 fully saturated rings. The van der Waals surface area contributed by atoms with Crippen molar-refractivity contribution in [3.63, 3.8) is 0 Å². The molecule has 1 aliphatic heterocycles. The van der Waals surface area contributed by atoms with Crippen molar-refractivity contribution in [3.05, 3.63) is 87.2 Å². The highest BCUT2D eigenvalue weighted by Gasteiger charge is 2.67. The van der Waals surface area contributed by atoms with Crippen LogP contribution < -0.4 is 21.3 Å². The number of fused-ring (bicyclic) bond motifs is 1. The van der Waals surface area contributed by atoms with Gasteiger partial charge >= 0.3 is 0 Å². The zero-order valence-corrected chi connectivity index (χ0v) is 36.4. The van der Waals surface area contributed by atoms with Crippen molar-refractivity contribution in [1.82, 2.24) is 26.2 Å². The Morgan fingerprint density at radius 2 is 1.43 bits per heavy atom. The molecule has 54 heavy (non-hydrogen) atoms. The topological polar surface area (TPSA) is 51.4 Å². The summed E-state index contributed by atoms with van der Waals surface area (Å²) < 4.78 is 0. The Morgan fingerprint density at radius 3 is 1.91 bits per heavy atom. The number of likely N-dealkylation sites (N-methyl/N-ethyl adjacent to an activating group) is 1. The van der Waals surface area contributed by atoms with Gasteiger partial charge in [-0.15, -0.1) is 32.1 Å². The van der Waals surface area contributed by atoms with Crippen molar-refractivity contribution in [1.29, 1.82) is 0 Å². The first-order valence-electron chi connectivity index (χ1n) is 21.5. The molecule has 0 aromatic heterocycles. The van der Waals surface area contributed by atoms with E-state index in [2.05, 4.69) is 120 Å². The number of hydrogen-bond acceptors (Lipinski definition) is 5. The number of hydrogen-bond donors (Lipinski definition) is 4. The van der Waals surface area contributed by atoms with Gasteiger partial charge in [-0.2, -0.15) is 0 Å². The molecule has 3 saturated carbocycles.